The predicted octanol–water partition coefficient (Wildman–Crippen LogP) is 2.30. The number of rotatable bonds is 9. The van der Waals surface area contributed by atoms with E-state index in [4.69, 9.17) is 4.42 Å². The molecule has 0 atom stereocenters. The fourth-order valence-corrected chi connectivity index (χ4v) is 4.26. The van der Waals surface area contributed by atoms with Gasteiger partial charge >= 0.3 is 5.69 Å². The van der Waals surface area contributed by atoms with Crippen molar-refractivity contribution < 1.29 is 9.21 Å². The molecule has 34 heavy (non-hydrogen) atoms. The molecule has 0 aliphatic rings. The minimum absolute atomic E-state index is 0.158. The number of carbonyl (C=O) groups is 1. The number of benzene rings is 1. The van der Waals surface area contributed by atoms with Crippen LogP contribution in [0.4, 0.5) is 0 Å². The average molecular weight is 476 g/mol. The number of furan rings is 1. The number of aromatic nitrogens is 6. The SMILES string of the molecule is O=C(CSc1nnc(-c2ccco2)n1Cc1ccccc1)NCCn1nc2ccccn2c1=O. The van der Waals surface area contributed by atoms with Crippen molar-refractivity contribution in [3.8, 4) is 11.6 Å². The summed E-state index contributed by atoms with van der Waals surface area (Å²) in [6.45, 7) is 1.12. The number of amides is 1. The Bertz CT molecular complexity index is 1460. The van der Waals surface area contributed by atoms with Crippen molar-refractivity contribution in [2.75, 3.05) is 12.3 Å². The minimum Gasteiger partial charge on any atom is -0.461 e. The molecule has 0 unspecified atom stereocenters. The van der Waals surface area contributed by atoms with Gasteiger partial charge in [-0.3, -0.25) is 13.8 Å². The van der Waals surface area contributed by atoms with Crippen LogP contribution in [-0.2, 0) is 17.9 Å². The maximum absolute atomic E-state index is 12.4. The third-order valence-corrected chi connectivity index (χ3v) is 6.08. The number of carbonyl (C=O) groups excluding carboxylic acids is 1. The van der Waals surface area contributed by atoms with Crippen molar-refractivity contribution in [3.63, 3.8) is 0 Å². The molecule has 4 aromatic heterocycles. The molecule has 4 heterocycles. The van der Waals surface area contributed by atoms with Gasteiger partial charge in [-0.05, 0) is 29.8 Å². The first-order valence-electron chi connectivity index (χ1n) is 10.6. The van der Waals surface area contributed by atoms with Crippen LogP contribution in [0.25, 0.3) is 17.2 Å². The molecular weight excluding hydrogens is 454 g/mol. The number of nitrogens with zero attached hydrogens (tertiary/aromatic N) is 6. The van der Waals surface area contributed by atoms with Crippen molar-refractivity contribution in [3.05, 3.63) is 89.2 Å². The van der Waals surface area contributed by atoms with Gasteiger partial charge in [0.2, 0.25) is 11.7 Å². The maximum atomic E-state index is 12.4. The third kappa shape index (κ3) is 4.64. The maximum Gasteiger partial charge on any atom is 0.350 e. The van der Waals surface area contributed by atoms with Crippen molar-refractivity contribution in [2.24, 2.45) is 0 Å². The highest BCUT2D eigenvalue weighted by Gasteiger charge is 2.18. The normalized spacial score (nSPS) is 11.2. The van der Waals surface area contributed by atoms with E-state index in [1.54, 1.807) is 30.7 Å². The second kappa shape index (κ2) is 9.79. The fourth-order valence-electron chi connectivity index (χ4n) is 3.49. The second-order valence-corrected chi connectivity index (χ2v) is 8.37. The Morgan fingerprint density at radius 3 is 2.68 bits per heavy atom. The number of hydrogen-bond donors (Lipinski definition) is 1. The van der Waals surface area contributed by atoms with E-state index in [0.717, 1.165) is 5.56 Å². The fraction of sp³-hybridized carbons (Fsp3) is 0.174. The smallest absolute Gasteiger partial charge is 0.350 e. The molecule has 1 N–H and O–H groups in total. The van der Waals surface area contributed by atoms with E-state index in [-0.39, 0.29) is 30.4 Å². The summed E-state index contributed by atoms with van der Waals surface area (Å²) >= 11 is 1.29. The van der Waals surface area contributed by atoms with Crippen molar-refractivity contribution in [2.45, 2.75) is 18.2 Å². The monoisotopic (exact) mass is 475 g/mol. The topological polar surface area (TPSA) is 112 Å². The molecule has 10 nitrogen and oxygen atoms in total. The van der Waals surface area contributed by atoms with Gasteiger partial charge in [0.15, 0.2) is 16.6 Å². The lowest BCUT2D eigenvalue weighted by Crippen LogP contribution is -2.32. The molecule has 5 aromatic rings. The highest BCUT2D eigenvalue weighted by atomic mass is 32.2. The molecule has 0 spiro atoms. The molecule has 0 saturated carbocycles. The number of thioether (sulfide) groups is 1. The van der Waals surface area contributed by atoms with E-state index < -0.39 is 0 Å². The van der Waals surface area contributed by atoms with Crippen molar-refractivity contribution >= 4 is 23.3 Å². The van der Waals surface area contributed by atoms with Crippen LogP contribution in [0.3, 0.4) is 0 Å². The third-order valence-electron chi connectivity index (χ3n) is 5.11. The summed E-state index contributed by atoms with van der Waals surface area (Å²) in [5, 5.41) is 16.3. The van der Waals surface area contributed by atoms with Gasteiger partial charge in [0.25, 0.3) is 0 Å². The Morgan fingerprint density at radius 2 is 1.88 bits per heavy atom. The molecule has 0 radical (unpaired) electrons. The van der Waals surface area contributed by atoms with E-state index in [9.17, 15) is 9.59 Å². The predicted molar refractivity (Wildman–Crippen MR) is 126 cm³/mol. The van der Waals surface area contributed by atoms with E-state index in [1.165, 1.54) is 20.8 Å². The summed E-state index contributed by atoms with van der Waals surface area (Å²) in [6.07, 6.45) is 3.25. The minimum atomic E-state index is -0.237. The van der Waals surface area contributed by atoms with Crippen LogP contribution in [0.15, 0.2) is 87.5 Å². The first-order chi connectivity index (χ1) is 16.7. The van der Waals surface area contributed by atoms with E-state index >= 15 is 0 Å². The molecule has 1 aromatic carbocycles. The van der Waals surface area contributed by atoms with Crippen molar-refractivity contribution in [1.29, 1.82) is 0 Å². The lowest BCUT2D eigenvalue weighted by molar-refractivity contribution is -0.118. The van der Waals surface area contributed by atoms with Gasteiger partial charge in [-0.25, -0.2) is 9.48 Å². The highest BCUT2D eigenvalue weighted by molar-refractivity contribution is 7.99. The first-order valence-corrected chi connectivity index (χ1v) is 11.6. The average Bonchev–Trinajstić information content (AvgIpc) is 3.59. The Hall–Kier alpha value is -4.12. The van der Waals surface area contributed by atoms with Crippen molar-refractivity contribution in [1.82, 2.24) is 34.3 Å². The molecule has 0 aliphatic carbocycles. The molecule has 0 saturated heterocycles. The second-order valence-electron chi connectivity index (χ2n) is 7.43. The molecule has 0 bridgehead atoms. The summed E-state index contributed by atoms with van der Waals surface area (Å²) in [4.78, 5) is 24.8. The van der Waals surface area contributed by atoms with Crippen LogP contribution >= 0.6 is 11.8 Å². The zero-order chi connectivity index (χ0) is 23.3. The summed E-state index contributed by atoms with van der Waals surface area (Å²) in [7, 11) is 0. The van der Waals surface area contributed by atoms with E-state index in [2.05, 4.69) is 20.6 Å². The van der Waals surface area contributed by atoms with Crippen LogP contribution in [0.2, 0.25) is 0 Å². The Labute approximate surface area is 198 Å². The summed E-state index contributed by atoms with van der Waals surface area (Å²) in [5.74, 6) is 1.20. The number of fused-ring (bicyclic) bond motifs is 1. The van der Waals surface area contributed by atoms with Gasteiger partial charge in [0.05, 0.1) is 25.1 Å². The molecule has 0 aliphatic heterocycles. The number of nitrogens with one attached hydrogen (secondary N) is 1. The van der Waals surface area contributed by atoms with Crippen LogP contribution in [-0.4, -0.2) is 47.2 Å². The molecule has 5 rings (SSSR count). The first kappa shape index (κ1) is 21.7. The standard InChI is InChI=1S/C23H21N7O3S/c31-20(24-11-13-30-23(32)28-12-5-4-10-19(28)27-30)16-34-22-26-25-21(18-9-6-14-33-18)29(22)15-17-7-2-1-3-8-17/h1-10,12,14H,11,13,15-16H2,(H,24,31). The zero-order valence-corrected chi connectivity index (χ0v) is 18.9. The van der Waals surface area contributed by atoms with Gasteiger partial charge in [-0.2, -0.15) is 0 Å². The zero-order valence-electron chi connectivity index (χ0n) is 18.1. The van der Waals surface area contributed by atoms with Crippen LogP contribution in [0, 0.1) is 0 Å². The molecule has 172 valence electrons. The van der Waals surface area contributed by atoms with E-state index in [1.807, 2.05) is 47.0 Å². The van der Waals surface area contributed by atoms with Crippen LogP contribution in [0.5, 0.6) is 0 Å². The lowest BCUT2D eigenvalue weighted by atomic mass is 10.2. The summed E-state index contributed by atoms with van der Waals surface area (Å²) < 4.78 is 10.3. The van der Waals surface area contributed by atoms with Gasteiger partial charge in [0.1, 0.15) is 0 Å². The molecule has 1 amide bonds. The highest BCUT2D eigenvalue weighted by Crippen LogP contribution is 2.25. The van der Waals surface area contributed by atoms with Gasteiger partial charge < -0.3 is 9.73 Å². The number of pyridine rings is 1. The Kier molecular flexibility index (Phi) is 6.25. The summed E-state index contributed by atoms with van der Waals surface area (Å²) in [6, 6.07) is 18.9. The van der Waals surface area contributed by atoms with Crippen LogP contribution in [0.1, 0.15) is 5.56 Å². The van der Waals surface area contributed by atoms with Gasteiger partial charge in [-0.15, -0.1) is 15.3 Å². The van der Waals surface area contributed by atoms with Crippen LogP contribution < -0.4 is 11.0 Å². The molecule has 0 fully saturated rings. The Balaban J connectivity index is 1.22. The molecular formula is C23H21N7O3S. The van der Waals surface area contributed by atoms with Gasteiger partial charge in [-0.1, -0.05) is 48.2 Å². The summed E-state index contributed by atoms with van der Waals surface area (Å²) in [5.41, 5.74) is 1.41. The number of hydrogen-bond acceptors (Lipinski definition) is 7. The Morgan fingerprint density at radius 1 is 1.03 bits per heavy atom. The quantitative estimate of drug-likeness (QED) is 0.326. The van der Waals surface area contributed by atoms with Gasteiger partial charge in [0, 0.05) is 12.7 Å². The largest absolute Gasteiger partial charge is 0.461 e. The molecule has 11 heteroatoms. The lowest BCUT2D eigenvalue weighted by Gasteiger charge is -2.09. The van der Waals surface area contributed by atoms with E-state index in [0.29, 0.717) is 28.9 Å².